The number of amides is 1. The Kier molecular flexibility index (Phi) is 5.52. The molecule has 0 aromatic carbocycles. The molecule has 134 valence electrons. The van der Waals surface area contributed by atoms with Gasteiger partial charge in [-0.05, 0) is 58.1 Å². The van der Waals surface area contributed by atoms with Crippen LogP contribution < -0.4 is 0 Å². The lowest BCUT2D eigenvalue weighted by atomic mass is 10.0. The van der Waals surface area contributed by atoms with E-state index >= 15 is 0 Å². The molecule has 1 atom stereocenters. The minimum Gasteiger partial charge on any atom is -0.444 e. The number of rotatable bonds is 3. The van der Waals surface area contributed by atoms with Crippen molar-refractivity contribution in [3.8, 4) is 0 Å². The number of hydrogen-bond acceptors (Lipinski definition) is 5. The molecule has 7 heteroatoms. The molecule has 0 spiro atoms. The second-order valence-corrected chi connectivity index (χ2v) is 9.37. The Hall–Kier alpha value is -1.63. The van der Waals surface area contributed by atoms with Crippen molar-refractivity contribution in [1.29, 1.82) is 0 Å². The molecule has 1 aromatic heterocycles. The Morgan fingerprint density at radius 2 is 2.08 bits per heavy atom. The summed E-state index contributed by atoms with van der Waals surface area (Å²) in [6, 6.07) is 3.28. The number of pyridine rings is 1. The van der Waals surface area contributed by atoms with Crippen LogP contribution in [0.25, 0.3) is 0 Å². The minimum atomic E-state index is -3.45. The standard InChI is InChI=1S/C17H26N2O4S/c1-13-7-8-15(18-10-13)24(21,22)12-14-6-5-9-19(11-14)16(20)23-17(2,3)4/h7-8,10,14H,5-6,9,11-12H2,1-4H3/t14-/m0/s1. The molecule has 0 saturated carbocycles. The Bertz CT molecular complexity index is 678. The maximum atomic E-state index is 12.5. The molecule has 1 aliphatic heterocycles. The number of piperidine rings is 1. The van der Waals surface area contributed by atoms with Crippen LogP contribution in [0.4, 0.5) is 4.79 Å². The molecule has 0 unspecified atom stereocenters. The summed E-state index contributed by atoms with van der Waals surface area (Å²) >= 11 is 0. The summed E-state index contributed by atoms with van der Waals surface area (Å²) in [7, 11) is -3.45. The Balaban J connectivity index is 2.02. The number of sulfone groups is 1. The van der Waals surface area contributed by atoms with Crippen LogP contribution in [0.3, 0.4) is 0 Å². The monoisotopic (exact) mass is 354 g/mol. The van der Waals surface area contributed by atoms with Crippen molar-refractivity contribution in [2.24, 2.45) is 5.92 Å². The van der Waals surface area contributed by atoms with Crippen LogP contribution in [-0.2, 0) is 14.6 Å². The van der Waals surface area contributed by atoms with Crippen LogP contribution in [0, 0.1) is 12.8 Å². The number of ether oxygens (including phenoxy) is 1. The van der Waals surface area contributed by atoms with Crippen molar-refractivity contribution >= 4 is 15.9 Å². The first kappa shape index (κ1) is 18.7. The van der Waals surface area contributed by atoms with E-state index in [0.717, 1.165) is 18.4 Å². The number of hydrogen-bond donors (Lipinski definition) is 0. The molecule has 24 heavy (non-hydrogen) atoms. The fourth-order valence-corrected chi connectivity index (χ4v) is 4.28. The van der Waals surface area contributed by atoms with E-state index in [-0.39, 0.29) is 22.8 Å². The van der Waals surface area contributed by atoms with Crippen molar-refractivity contribution in [1.82, 2.24) is 9.88 Å². The summed E-state index contributed by atoms with van der Waals surface area (Å²) in [6.07, 6.45) is 2.74. The lowest BCUT2D eigenvalue weighted by molar-refractivity contribution is 0.0176. The average molecular weight is 354 g/mol. The molecule has 1 aliphatic rings. The van der Waals surface area contributed by atoms with Gasteiger partial charge in [0.15, 0.2) is 14.9 Å². The molecular formula is C17H26N2O4S. The summed E-state index contributed by atoms with van der Waals surface area (Å²) in [6.45, 7) is 8.33. The van der Waals surface area contributed by atoms with Gasteiger partial charge in [-0.3, -0.25) is 0 Å². The van der Waals surface area contributed by atoms with Gasteiger partial charge in [0, 0.05) is 19.3 Å². The van der Waals surface area contributed by atoms with Crippen LogP contribution in [0.2, 0.25) is 0 Å². The minimum absolute atomic E-state index is 0.00234. The lowest BCUT2D eigenvalue weighted by Crippen LogP contribution is -2.44. The molecule has 1 fully saturated rings. The van der Waals surface area contributed by atoms with Crippen LogP contribution in [-0.4, -0.2) is 48.8 Å². The third-order valence-corrected chi connectivity index (χ3v) is 5.62. The number of carbonyl (C=O) groups is 1. The van der Waals surface area contributed by atoms with Gasteiger partial charge in [-0.25, -0.2) is 18.2 Å². The topological polar surface area (TPSA) is 76.6 Å². The zero-order valence-corrected chi connectivity index (χ0v) is 15.6. The fourth-order valence-electron chi connectivity index (χ4n) is 2.73. The molecule has 1 amide bonds. The van der Waals surface area contributed by atoms with Crippen molar-refractivity contribution in [2.75, 3.05) is 18.8 Å². The highest BCUT2D eigenvalue weighted by Gasteiger charge is 2.31. The average Bonchev–Trinajstić information content (AvgIpc) is 2.45. The quantitative estimate of drug-likeness (QED) is 0.834. The van der Waals surface area contributed by atoms with Crippen molar-refractivity contribution in [3.63, 3.8) is 0 Å². The second kappa shape index (κ2) is 7.09. The van der Waals surface area contributed by atoms with Crippen LogP contribution in [0.5, 0.6) is 0 Å². The number of aromatic nitrogens is 1. The number of aryl methyl sites for hydroxylation is 1. The van der Waals surface area contributed by atoms with Crippen molar-refractivity contribution in [2.45, 2.75) is 51.2 Å². The van der Waals surface area contributed by atoms with Gasteiger partial charge in [-0.2, -0.15) is 0 Å². The SMILES string of the molecule is Cc1ccc(S(=O)(=O)C[C@H]2CCCN(C(=O)OC(C)(C)C)C2)nc1. The third-order valence-electron chi connectivity index (χ3n) is 3.83. The van der Waals surface area contributed by atoms with Gasteiger partial charge < -0.3 is 9.64 Å². The smallest absolute Gasteiger partial charge is 0.410 e. The Morgan fingerprint density at radius 3 is 2.67 bits per heavy atom. The Morgan fingerprint density at radius 1 is 1.38 bits per heavy atom. The summed E-state index contributed by atoms with van der Waals surface area (Å²) in [4.78, 5) is 17.8. The van der Waals surface area contributed by atoms with E-state index in [4.69, 9.17) is 4.74 Å². The predicted octanol–water partition coefficient (Wildman–Crippen LogP) is 2.81. The summed E-state index contributed by atoms with van der Waals surface area (Å²) in [5, 5.41) is 0.0995. The van der Waals surface area contributed by atoms with Crippen LogP contribution >= 0.6 is 0 Å². The van der Waals surface area contributed by atoms with Gasteiger partial charge in [0.25, 0.3) is 0 Å². The normalized spacial score (nSPS) is 19.2. The molecule has 2 rings (SSSR count). The van der Waals surface area contributed by atoms with E-state index in [1.165, 1.54) is 0 Å². The predicted molar refractivity (Wildman–Crippen MR) is 91.6 cm³/mol. The lowest BCUT2D eigenvalue weighted by Gasteiger charge is -2.34. The second-order valence-electron chi connectivity index (χ2n) is 7.39. The number of likely N-dealkylation sites (tertiary alicyclic amines) is 1. The molecule has 0 aliphatic carbocycles. The summed E-state index contributed by atoms with van der Waals surface area (Å²) in [5.41, 5.74) is 0.366. The first-order chi connectivity index (χ1) is 11.1. The fraction of sp³-hybridized carbons (Fsp3) is 0.647. The van der Waals surface area contributed by atoms with E-state index in [0.29, 0.717) is 13.1 Å². The molecule has 6 nitrogen and oxygen atoms in total. The molecule has 2 heterocycles. The highest BCUT2D eigenvalue weighted by molar-refractivity contribution is 7.91. The van der Waals surface area contributed by atoms with Crippen LogP contribution in [0.15, 0.2) is 23.4 Å². The molecule has 0 bridgehead atoms. The van der Waals surface area contributed by atoms with Crippen molar-refractivity contribution < 1.29 is 17.9 Å². The Labute approximate surface area is 144 Å². The van der Waals surface area contributed by atoms with Crippen molar-refractivity contribution in [3.05, 3.63) is 23.9 Å². The maximum Gasteiger partial charge on any atom is 0.410 e. The number of nitrogens with zero attached hydrogens (tertiary/aromatic N) is 2. The zero-order valence-electron chi connectivity index (χ0n) is 14.8. The molecule has 0 N–H and O–H groups in total. The van der Waals surface area contributed by atoms with E-state index < -0.39 is 15.4 Å². The van der Waals surface area contributed by atoms with Crippen LogP contribution in [0.1, 0.15) is 39.2 Å². The van der Waals surface area contributed by atoms with Gasteiger partial charge in [-0.15, -0.1) is 0 Å². The van der Waals surface area contributed by atoms with E-state index in [9.17, 15) is 13.2 Å². The maximum absolute atomic E-state index is 12.5. The molecule has 1 saturated heterocycles. The summed E-state index contributed by atoms with van der Waals surface area (Å²) in [5.74, 6) is -0.0955. The largest absolute Gasteiger partial charge is 0.444 e. The van der Waals surface area contributed by atoms with Gasteiger partial charge in [0.2, 0.25) is 0 Å². The molecular weight excluding hydrogens is 328 g/mol. The molecule has 0 radical (unpaired) electrons. The highest BCUT2D eigenvalue weighted by atomic mass is 32.2. The first-order valence-corrected chi connectivity index (χ1v) is 9.85. The first-order valence-electron chi connectivity index (χ1n) is 8.20. The highest BCUT2D eigenvalue weighted by Crippen LogP contribution is 2.22. The van der Waals surface area contributed by atoms with E-state index in [1.54, 1.807) is 23.2 Å². The van der Waals surface area contributed by atoms with Gasteiger partial charge in [0.05, 0.1) is 5.75 Å². The zero-order chi connectivity index (χ0) is 18.0. The van der Waals surface area contributed by atoms with Gasteiger partial charge >= 0.3 is 6.09 Å². The number of carbonyl (C=O) groups excluding carboxylic acids is 1. The summed E-state index contributed by atoms with van der Waals surface area (Å²) < 4.78 is 30.4. The molecule has 1 aromatic rings. The van der Waals surface area contributed by atoms with E-state index in [2.05, 4.69) is 4.98 Å². The van der Waals surface area contributed by atoms with Gasteiger partial charge in [-0.1, -0.05) is 6.07 Å². The van der Waals surface area contributed by atoms with E-state index in [1.807, 2.05) is 27.7 Å². The third kappa shape index (κ3) is 5.19. The van der Waals surface area contributed by atoms with Gasteiger partial charge in [0.1, 0.15) is 5.60 Å².